The maximum atomic E-state index is 11.4. The number of rotatable bonds is 3. The SMILES string of the molecule is NCc1ccccc1Nc1ccc2n[nH]c(=O)n2n1. The van der Waals surface area contributed by atoms with Crippen molar-refractivity contribution < 1.29 is 0 Å². The summed E-state index contributed by atoms with van der Waals surface area (Å²) in [5, 5.41) is 13.5. The van der Waals surface area contributed by atoms with Crippen LogP contribution in [0.25, 0.3) is 5.65 Å². The van der Waals surface area contributed by atoms with Crippen LogP contribution < -0.4 is 16.7 Å². The summed E-state index contributed by atoms with van der Waals surface area (Å²) >= 11 is 0. The highest BCUT2D eigenvalue weighted by Crippen LogP contribution is 2.18. The van der Waals surface area contributed by atoms with Crippen molar-refractivity contribution in [1.29, 1.82) is 0 Å². The fourth-order valence-electron chi connectivity index (χ4n) is 1.83. The third-order valence-electron chi connectivity index (χ3n) is 2.77. The van der Waals surface area contributed by atoms with Gasteiger partial charge in [0.15, 0.2) is 11.5 Å². The number of hydrogen-bond acceptors (Lipinski definition) is 5. The van der Waals surface area contributed by atoms with Crippen LogP contribution in [0.1, 0.15) is 5.56 Å². The number of benzene rings is 1. The van der Waals surface area contributed by atoms with E-state index in [2.05, 4.69) is 20.6 Å². The summed E-state index contributed by atoms with van der Waals surface area (Å²) in [5.41, 5.74) is 7.62. The van der Waals surface area contributed by atoms with Gasteiger partial charge in [0.2, 0.25) is 0 Å². The Morgan fingerprint density at radius 3 is 2.95 bits per heavy atom. The molecule has 0 bridgehead atoms. The quantitative estimate of drug-likeness (QED) is 0.637. The standard InChI is InChI=1S/C12H12N6O/c13-7-8-3-1-2-4-9(8)14-10-5-6-11-15-16-12(19)18(11)17-10/h1-6H,7,13H2,(H,14,17)(H,16,19). The lowest BCUT2D eigenvalue weighted by Crippen LogP contribution is -2.13. The number of nitrogens with two attached hydrogens (primary N) is 1. The van der Waals surface area contributed by atoms with Crippen LogP contribution in [0.5, 0.6) is 0 Å². The summed E-state index contributed by atoms with van der Waals surface area (Å²) in [7, 11) is 0. The van der Waals surface area contributed by atoms with E-state index in [1.54, 1.807) is 12.1 Å². The van der Waals surface area contributed by atoms with Crippen LogP contribution in [0.4, 0.5) is 11.5 Å². The molecule has 0 amide bonds. The molecular weight excluding hydrogens is 244 g/mol. The van der Waals surface area contributed by atoms with Crippen LogP contribution in [0, 0.1) is 0 Å². The smallest absolute Gasteiger partial charge is 0.339 e. The third kappa shape index (κ3) is 2.06. The molecule has 0 unspecified atom stereocenters. The average Bonchev–Trinajstić information content (AvgIpc) is 2.81. The molecule has 0 aliphatic rings. The first-order valence-electron chi connectivity index (χ1n) is 5.77. The van der Waals surface area contributed by atoms with Gasteiger partial charge < -0.3 is 11.1 Å². The molecule has 19 heavy (non-hydrogen) atoms. The summed E-state index contributed by atoms with van der Waals surface area (Å²) in [5.74, 6) is 0.553. The fraction of sp³-hybridized carbons (Fsp3) is 0.0833. The second kappa shape index (κ2) is 4.54. The van der Waals surface area contributed by atoms with Gasteiger partial charge in [0.1, 0.15) is 0 Å². The molecule has 0 saturated heterocycles. The predicted octanol–water partition coefficient (Wildman–Crippen LogP) is 0.620. The number of aromatic nitrogens is 4. The highest BCUT2D eigenvalue weighted by Gasteiger charge is 2.05. The second-order valence-corrected chi connectivity index (χ2v) is 4.00. The van der Waals surface area contributed by atoms with Crippen molar-refractivity contribution >= 4 is 17.2 Å². The van der Waals surface area contributed by atoms with E-state index in [-0.39, 0.29) is 5.69 Å². The Morgan fingerprint density at radius 2 is 2.11 bits per heavy atom. The first-order valence-corrected chi connectivity index (χ1v) is 5.77. The van der Waals surface area contributed by atoms with Crippen molar-refractivity contribution in [2.24, 2.45) is 5.73 Å². The minimum Gasteiger partial charge on any atom is -0.339 e. The van der Waals surface area contributed by atoms with Crippen molar-refractivity contribution in [1.82, 2.24) is 19.8 Å². The first-order chi connectivity index (χ1) is 9.28. The van der Waals surface area contributed by atoms with Crippen molar-refractivity contribution in [3.05, 3.63) is 52.4 Å². The Balaban J connectivity index is 2.01. The summed E-state index contributed by atoms with van der Waals surface area (Å²) in [4.78, 5) is 11.4. The Hall–Kier alpha value is -2.67. The number of para-hydroxylation sites is 1. The number of H-pyrrole nitrogens is 1. The zero-order valence-electron chi connectivity index (χ0n) is 10.00. The molecule has 3 rings (SSSR count). The van der Waals surface area contributed by atoms with Gasteiger partial charge in [0.25, 0.3) is 0 Å². The lowest BCUT2D eigenvalue weighted by Gasteiger charge is -2.09. The van der Waals surface area contributed by atoms with Crippen molar-refractivity contribution in [3.8, 4) is 0 Å². The molecule has 0 aliphatic heterocycles. The maximum absolute atomic E-state index is 11.4. The number of hydrogen-bond donors (Lipinski definition) is 3. The topological polar surface area (TPSA) is 101 Å². The van der Waals surface area contributed by atoms with Crippen molar-refractivity contribution in [2.45, 2.75) is 6.54 Å². The zero-order chi connectivity index (χ0) is 13.2. The van der Waals surface area contributed by atoms with E-state index in [4.69, 9.17) is 5.73 Å². The van der Waals surface area contributed by atoms with Gasteiger partial charge in [0.05, 0.1) is 0 Å². The Kier molecular flexibility index (Phi) is 2.73. The van der Waals surface area contributed by atoms with E-state index in [0.717, 1.165) is 11.3 Å². The molecule has 1 aromatic carbocycles. The minimum atomic E-state index is -0.370. The van der Waals surface area contributed by atoms with E-state index in [1.165, 1.54) is 4.52 Å². The van der Waals surface area contributed by atoms with Gasteiger partial charge in [-0.3, -0.25) is 0 Å². The molecule has 0 fully saturated rings. The van der Waals surface area contributed by atoms with Crippen LogP contribution >= 0.6 is 0 Å². The minimum absolute atomic E-state index is 0.370. The Bertz CT molecular complexity index is 775. The highest BCUT2D eigenvalue weighted by atomic mass is 16.2. The molecule has 0 atom stereocenters. The molecule has 3 aromatic rings. The molecule has 7 heteroatoms. The molecule has 0 spiro atoms. The first kappa shape index (κ1) is 11.4. The number of nitrogens with zero attached hydrogens (tertiary/aromatic N) is 3. The van der Waals surface area contributed by atoms with Gasteiger partial charge in [-0.25, -0.2) is 9.89 Å². The van der Waals surface area contributed by atoms with Crippen LogP contribution in [-0.2, 0) is 6.54 Å². The van der Waals surface area contributed by atoms with Crippen molar-refractivity contribution in [2.75, 3.05) is 5.32 Å². The lowest BCUT2D eigenvalue weighted by molar-refractivity contribution is 0.884. The monoisotopic (exact) mass is 256 g/mol. The molecule has 4 N–H and O–H groups in total. The predicted molar refractivity (Wildman–Crippen MR) is 71.2 cm³/mol. The van der Waals surface area contributed by atoms with E-state index in [1.807, 2.05) is 24.3 Å². The van der Waals surface area contributed by atoms with Crippen LogP contribution in [0.2, 0.25) is 0 Å². The summed E-state index contributed by atoms with van der Waals surface area (Å²) < 4.78 is 1.20. The van der Waals surface area contributed by atoms with Gasteiger partial charge in [0, 0.05) is 12.2 Å². The largest absolute Gasteiger partial charge is 0.364 e. The summed E-state index contributed by atoms with van der Waals surface area (Å²) in [6.07, 6.45) is 0. The number of anilines is 2. The van der Waals surface area contributed by atoms with E-state index in [0.29, 0.717) is 18.0 Å². The lowest BCUT2D eigenvalue weighted by atomic mass is 10.2. The van der Waals surface area contributed by atoms with Crippen LogP contribution in [0.15, 0.2) is 41.2 Å². The number of aromatic amines is 1. The number of nitrogens with one attached hydrogen (secondary N) is 2. The van der Waals surface area contributed by atoms with Gasteiger partial charge in [-0.05, 0) is 23.8 Å². The van der Waals surface area contributed by atoms with Gasteiger partial charge in [-0.1, -0.05) is 18.2 Å². The number of fused-ring (bicyclic) bond motifs is 1. The molecule has 0 radical (unpaired) electrons. The highest BCUT2D eigenvalue weighted by molar-refractivity contribution is 5.61. The summed E-state index contributed by atoms with van der Waals surface area (Å²) in [6.45, 7) is 0.428. The summed E-state index contributed by atoms with van der Waals surface area (Å²) in [6, 6.07) is 11.1. The van der Waals surface area contributed by atoms with Gasteiger partial charge in [-0.15, -0.1) is 5.10 Å². The Labute approximate surface area is 108 Å². The molecular formula is C12H12N6O. The molecule has 96 valence electrons. The molecule has 2 heterocycles. The Morgan fingerprint density at radius 1 is 1.26 bits per heavy atom. The molecule has 0 aliphatic carbocycles. The van der Waals surface area contributed by atoms with Gasteiger partial charge >= 0.3 is 5.69 Å². The maximum Gasteiger partial charge on any atom is 0.364 e. The van der Waals surface area contributed by atoms with Crippen LogP contribution in [0.3, 0.4) is 0 Å². The molecule has 7 nitrogen and oxygen atoms in total. The fourth-order valence-corrected chi connectivity index (χ4v) is 1.83. The second-order valence-electron chi connectivity index (χ2n) is 4.00. The molecule has 0 saturated carbocycles. The normalized spacial score (nSPS) is 10.8. The average molecular weight is 256 g/mol. The molecule has 2 aromatic heterocycles. The van der Waals surface area contributed by atoms with Crippen LogP contribution in [-0.4, -0.2) is 19.8 Å². The zero-order valence-corrected chi connectivity index (χ0v) is 10.00. The van der Waals surface area contributed by atoms with E-state index >= 15 is 0 Å². The van der Waals surface area contributed by atoms with E-state index in [9.17, 15) is 4.79 Å². The third-order valence-corrected chi connectivity index (χ3v) is 2.77. The van der Waals surface area contributed by atoms with Crippen molar-refractivity contribution in [3.63, 3.8) is 0 Å². The van der Waals surface area contributed by atoms with Gasteiger partial charge in [-0.2, -0.15) is 9.61 Å². The van der Waals surface area contributed by atoms with E-state index < -0.39 is 0 Å².